The Balaban J connectivity index is 1.34. The van der Waals surface area contributed by atoms with Crippen molar-refractivity contribution in [1.29, 1.82) is 5.26 Å². The summed E-state index contributed by atoms with van der Waals surface area (Å²) >= 11 is 19.2. The molecule has 2 aliphatic heterocycles. The van der Waals surface area contributed by atoms with E-state index < -0.39 is 0 Å². The second-order valence-electron chi connectivity index (χ2n) is 12.6. The van der Waals surface area contributed by atoms with Crippen LogP contribution in [0.25, 0.3) is 10.9 Å². The Bertz CT molecular complexity index is 1830. The van der Waals surface area contributed by atoms with E-state index in [-0.39, 0.29) is 22.4 Å². The average molecular weight is 678 g/mol. The number of piperidine rings is 1. The minimum Gasteiger partial charge on any atom is -0.506 e. The maximum absolute atomic E-state index is 9.95. The van der Waals surface area contributed by atoms with Crippen molar-refractivity contribution in [3.05, 3.63) is 98.9 Å². The van der Waals surface area contributed by atoms with Crippen LogP contribution in [0.3, 0.4) is 0 Å². The quantitative estimate of drug-likeness (QED) is 0.124. The molecule has 3 heterocycles. The maximum Gasteiger partial charge on any atom is 0.134 e. The number of phenolic OH excluding ortho intramolecular Hbond substituents is 1. The van der Waals surface area contributed by atoms with Gasteiger partial charge in [-0.3, -0.25) is 14.9 Å². The molecule has 46 heavy (non-hydrogen) atoms. The van der Waals surface area contributed by atoms with Crippen LogP contribution in [0.2, 0.25) is 15.1 Å². The van der Waals surface area contributed by atoms with Gasteiger partial charge in [-0.15, -0.1) is 5.53 Å². The van der Waals surface area contributed by atoms with E-state index in [0.717, 1.165) is 42.9 Å². The van der Waals surface area contributed by atoms with Crippen LogP contribution in [0, 0.1) is 11.3 Å². The molecule has 238 valence electrons. The molecule has 9 nitrogen and oxygen atoms in total. The van der Waals surface area contributed by atoms with E-state index in [1.807, 2.05) is 36.4 Å². The highest BCUT2D eigenvalue weighted by molar-refractivity contribution is 6.36. The maximum atomic E-state index is 9.95. The zero-order valence-corrected chi connectivity index (χ0v) is 28.0. The van der Waals surface area contributed by atoms with Crippen molar-refractivity contribution < 1.29 is 5.11 Å². The topological polar surface area (TPSA) is 112 Å². The number of fused-ring (bicyclic) bond motifs is 1. The lowest BCUT2D eigenvalue weighted by Crippen LogP contribution is -2.52. The molecule has 0 radical (unpaired) electrons. The van der Waals surface area contributed by atoms with E-state index in [2.05, 4.69) is 69.5 Å². The number of halogens is 3. The molecule has 0 bridgehead atoms. The molecule has 1 saturated heterocycles. The summed E-state index contributed by atoms with van der Waals surface area (Å²) in [5.41, 5.74) is 11.6. The molecule has 1 fully saturated rings. The van der Waals surface area contributed by atoms with Gasteiger partial charge in [0.25, 0.3) is 0 Å². The van der Waals surface area contributed by atoms with Crippen molar-refractivity contribution >= 4 is 62.8 Å². The van der Waals surface area contributed by atoms with Gasteiger partial charge < -0.3 is 21.2 Å². The van der Waals surface area contributed by atoms with Crippen molar-refractivity contribution in [3.8, 4) is 11.8 Å². The molecular formula is C34H35Cl3N8O. The number of phenols is 1. The van der Waals surface area contributed by atoms with Gasteiger partial charge >= 0.3 is 0 Å². The molecule has 12 heteroatoms. The summed E-state index contributed by atoms with van der Waals surface area (Å²) in [6.45, 7) is 8.87. The number of hydrazine groups is 2. The van der Waals surface area contributed by atoms with Gasteiger partial charge in [0, 0.05) is 58.9 Å². The number of rotatable bonds is 7. The number of nitriles is 1. The first-order valence-electron chi connectivity index (χ1n) is 15.1. The van der Waals surface area contributed by atoms with Crippen molar-refractivity contribution in [3.63, 3.8) is 0 Å². The molecule has 0 amide bonds. The zero-order valence-electron chi connectivity index (χ0n) is 25.7. The van der Waals surface area contributed by atoms with Gasteiger partial charge in [0.15, 0.2) is 0 Å². The van der Waals surface area contributed by atoms with Crippen LogP contribution in [0.4, 0.5) is 17.1 Å². The van der Waals surface area contributed by atoms with Crippen molar-refractivity contribution in [2.75, 3.05) is 23.7 Å². The average Bonchev–Trinajstić information content (AvgIpc) is 3.52. The molecule has 3 aromatic carbocycles. The highest BCUT2D eigenvalue weighted by Crippen LogP contribution is 2.38. The molecule has 6 rings (SSSR count). The largest absolute Gasteiger partial charge is 0.506 e. The summed E-state index contributed by atoms with van der Waals surface area (Å²) < 4.78 is 0. The Hall–Kier alpha value is -3.91. The summed E-state index contributed by atoms with van der Waals surface area (Å²) in [6.07, 6.45) is 5.71. The minimum atomic E-state index is -0.294. The highest BCUT2D eigenvalue weighted by atomic mass is 35.5. The van der Waals surface area contributed by atoms with E-state index in [0.29, 0.717) is 43.9 Å². The standard InChI is InChI=1S/C34H35Cl3N8O/c1-34(2,3)44-12-10-25(11-13-44)45-19-29(42-43-45)32(20-4-6-22(35)7-5-20)41-24-14-26-31(40-23-8-9-30(46)27(36)15-23)21(17-38)18-39-33(26)28(37)16-24/h4-9,14-16,18-19,25,32,41-43,46H,10-13H2,1-3H3,(H,39,40)/t32-/m0/s1. The van der Waals surface area contributed by atoms with Gasteiger partial charge in [0.05, 0.1) is 38.6 Å². The Kier molecular flexibility index (Phi) is 9.10. The molecule has 0 spiro atoms. The Morgan fingerprint density at radius 2 is 1.72 bits per heavy atom. The van der Waals surface area contributed by atoms with Gasteiger partial charge in [-0.25, -0.2) is 0 Å². The van der Waals surface area contributed by atoms with Crippen LogP contribution >= 0.6 is 34.8 Å². The smallest absolute Gasteiger partial charge is 0.134 e. The molecule has 4 aromatic rings. The number of aromatic nitrogens is 1. The van der Waals surface area contributed by atoms with E-state index in [9.17, 15) is 10.4 Å². The fourth-order valence-corrected chi connectivity index (χ4v) is 6.53. The van der Waals surface area contributed by atoms with Gasteiger partial charge in [0.1, 0.15) is 11.8 Å². The number of benzene rings is 3. The number of nitrogens with one attached hydrogen (secondary N) is 4. The second kappa shape index (κ2) is 13.1. The molecular weight excluding hydrogens is 643 g/mol. The third-order valence-electron chi connectivity index (χ3n) is 8.50. The molecule has 0 saturated carbocycles. The normalized spacial score (nSPS) is 16.5. The first-order valence-corrected chi connectivity index (χ1v) is 16.2. The number of aromatic hydroxyl groups is 1. The lowest BCUT2D eigenvalue weighted by Gasteiger charge is -2.42. The Morgan fingerprint density at radius 1 is 1.00 bits per heavy atom. The third kappa shape index (κ3) is 6.77. The van der Waals surface area contributed by atoms with Gasteiger partial charge in [-0.1, -0.05) is 46.9 Å². The highest BCUT2D eigenvalue weighted by Gasteiger charge is 2.32. The van der Waals surface area contributed by atoms with Crippen LogP contribution in [0.15, 0.2) is 72.7 Å². The number of pyridine rings is 1. The van der Waals surface area contributed by atoms with Crippen molar-refractivity contribution in [2.24, 2.45) is 0 Å². The molecule has 2 aliphatic rings. The lowest BCUT2D eigenvalue weighted by molar-refractivity contribution is 0.0570. The Morgan fingerprint density at radius 3 is 2.39 bits per heavy atom. The van der Waals surface area contributed by atoms with Crippen molar-refractivity contribution in [2.45, 2.75) is 51.2 Å². The molecule has 1 aromatic heterocycles. The van der Waals surface area contributed by atoms with Crippen LogP contribution in [-0.4, -0.2) is 44.7 Å². The number of hydrogen-bond acceptors (Lipinski definition) is 9. The minimum absolute atomic E-state index is 0.0340. The predicted octanol–water partition coefficient (Wildman–Crippen LogP) is 8.10. The molecule has 0 unspecified atom stereocenters. The van der Waals surface area contributed by atoms with E-state index in [1.54, 1.807) is 12.1 Å². The van der Waals surface area contributed by atoms with Gasteiger partial charge in [-0.2, -0.15) is 5.26 Å². The van der Waals surface area contributed by atoms with Crippen LogP contribution in [-0.2, 0) is 0 Å². The van der Waals surface area contributed by atoms with Crippen molar-refractivity contribution in [1.82, 2.24) is 25.9 Å². The SMILES string of the molecule is CC(C)(C)N1CCC(N2C=C([C@@H](Nc3cc(Cl)c4ncc(C#N)c(Nc5ccc(O)c(Cl)c5)c4c3)c3ccc(Cl)cc3)NN2)CC1. The summed E-state index contributed by atoms with van der Waals surface area (Å²) in [5, 5.41) is 30.9. The molecule has 1 atom stereocenters. The summed E-state index contributed by atoms with van der Waals surface area (Å²) in [4.78, 5) is 7.02. The first-order chi connectivity index (χ1) is 22.0. The summed E-state index contributed by atoms with van der Waals surface area (Å²) in [7, 11) is 0. The monoisotopic (exact) mass is 676 g/mol. The summed E-state index contributed by atoms with van der Waals surface area (Å²) in [5.74, 6) is -0.0340. The van der Waals surface area contributed by atoms with E-state index in [4.69, 9.17) is 34.8 Å². The number of likely N-dealkylation sites (tertiary alicyclic amines) is 1. The lowest BCUT2D eigenvalue weighted by atomic mass is 9.98. The zero-order chi connectivity index (χ0) is 32.6. The number of anilines is 3. The molecule has 5 N–H and O–H groups in total. The van der Waals surface area contributed by atoms with Crippen LogP contribution in [0.1, 0.15) is 50.8 Å². The predicted molar refractivity (Wildman–Crippen MR) is 186 cm³/mol. The fourth-order valence-electron chi connectivity index (χ4n) is 5.96. The third-order valence-corrected chi connectivity index (χ3v) is 9.34. The van der Waals surface area contributed by atoms with Gasteiger partial charge in [-0.05, 0) is 81.6 Å². The Labute approximate surface area is 283 Å². The molecule has 0 aliphatic carbocycles. The fraction of sp³-hybridized carbons (Fsp3) is 0.294. The second-order valence-corrected chi connectivity index (χ2v) is 13.8. The van der Waals surface area contributed by atoms with Crippen LogP contribution < -0.4 is 21.6 Å². The number of nitrogens with zero attached hydrogens (tertiary/aromatic N) is 4. The first kappa shape index (κ1) is 32.0. The van der Waals surface area contributed by atoms with E-state index in [1.165, 1.54) is 12.3 Å². The van der Waals surface area contributed by atoms with E-state index >= 15 is 0 Å². The number of hydrogen-bond donors (Lipinski definition) is 5. The van der Waals surface area contributed by atoms with Crippen LogP contribution in [0.5, 0.6) is 5.75 Å². The van der Waals surface area contributed by atoms with Gasteiger partial charge in [0.2, 0.25) is 0 Å². The summed E-state index contributed by atoms with van der Waals surface area (Å²) in [6, 6.07) is 18.5.